The maximum absolute atomic E-state index is 8.77. The molecule has 0 bridgehead atoms. The van der Waals surface area contributed by atoms with E-state index in [-0.39, 0.29) is 6.04 Å². The number of benzene rings is 1. The molecule has 19 heavy (non-hydrogen) atoms. The van der Waals surface area contributed by atoms with Crippen molar-refractivity contribution in [3.05, 3.63) is 23.8 Å². The van der Waals surface area contributed by atoms with Crippen molar-refractivity contribution in [2.24, 2.45) is 0 Å². The fraction of sp³-hybridized carbons (Fsp3) is 0.533. The molecule has 104 valence electrons. The highest BCUT2D eigenvalue weighted by Gasteiger charge is 2.18. The summed E-state index contributed by atoms with van der Waals surface area (Å²) < 4.78 is 5.48. The van der Waals surface area contributed by atoms with Gasteiger partial charge in [-0.2, -0.15) is 5.26 Å². The number of rotatable bonds is 7. The van der Waals surface area contributed by atoms with Crippen molar-refractivity contribution in [3.63, 3.8) is 0 Å². The van der Waals surface area contributed by atoms with Crippen LogP contribution in [0.5, 0.6) is 5.75 Å². The summed E-state index contributed by atoms with van der Waals surface area (Å²) in [6.07, 6.45) is 0.526. The van der Waals surface area contributed by atoms with E-state index in [0.717, 1.165) is 30.1 Å². The number of nitrogens with zero attached hydrogens (tertiary/aromatic N) is 2. The fourth-order valence-electron chi connectivity index (χ4n) is 2.20. The van der Waals surface area contributed by atoms with E-state index in [1.807, 2.05) is 19.2 Å². The van der Waals surface area contributed by atoms with E-state index in [1.54, 1.807) is 7.11 Å². The van der Waals surface area contributed by atoms with Crippen LogP contribution in [-0.4, -0.2) is 27.2 Å². The van der Waals surface area contributed by atoms with Crippen LogP contribution in [0.25, 0.3) is 0 Å². The Bertz CT molecular complexity index is 440. The van der Waals surface area contributed by atoms with Crippen molar-refractivity contribution in [3.8, 4) is 11.8 Å². The average molecular weight is 261 g/mol. The summed E-state index contributed by atoms with van der Waals surface area (Å²) in [5.41, 5.74) is 2.28. The molecule has 0 amide bonds. The van der Waals surface area contributed by atoms with E-state index in [4.69, 9.17) is 10.00 Å². The lowest BCUT2D eigenvalue weighted by Gasteiger charge is -2.28. The first kappa shape index (κ1) is 15.3. The van der Waals surface area contributed by atoms with Crippen LogP contribution < -0.4 is 15.0 Å². The van der Waals surface area contributed by atoms with Crippen molar-refractivity contribution in [2.75, 3.05) is 32.1 Å². The minimum atomic E-state index is 0.197. The van der Waals surface area contributed by atoms with Crippen LogP contribution in [0.15, 0.2) is 18.2 Å². The van der Waals surface area contributed by atoms with Gasteiger partial charge < -0.3 is 15.0 Å². The summed E-state index contributed by atoms with van der Waals surface area (Å²) in [4.78, 5) is 2.22. The molecule has 1 aromatic rings. The van der Waals surface area contributed by atoms with Crippen molar-refractivity contribution in [1.29, 1.82) is 5.26 Å². The third-order valence-corrected chi connectivity index (χ3v) is 3.34. The summed E-state index contributed by atoms with van der Waals surface area (Å²) in [6, 6.07) is 8.46. The highest BCUT2D eigenvalue weighted by molar-refractivity contribution is 5.60. The Labute approximate surface area is 116 Å². The van der Waals surface area contributed by atoms with Gasteiger partial charge in [0.25, 0.3) is 0 Å². The van der Waals surface area contributed by atoms with Gasteiger partial charge in [-0.3, -0.25) is 0 Å². The van der Waals surface area contributed by atoms with E-state index in [0.29, 0.717) is 6.42 Å². The molecule has 0 aliphatic rings. The number of methoxy groups -OCH3 is 1. The molecule has 0 saturated heterocycles. The van der Waals surface area contributed by atoms with Gasteiger partial charge in [-0.25, -0.2) is 0 Å². The second-order valence-corrected chi connectivity index (χ2v) is 4.39. The molecule has 0 aromatic heterocycles. The van der Waals surface area contributed by atoms with E-state index < -0.39 is 0 Å². The minimum Gasteiger partial charge on any atom is -0.496 e. The molecule has 0 fully saturated rings. The molecular formula is C15H23N3O. The largest absolute Gasteiger partial charge is 0.496 e. The van der Waals surface area contributed by atoms with Crippen molar-refractivity contribution >= 4 is 5.69 Å². The first-order valence-electron chi connectivity index (χ1n) is 6.65. The molecule has 0 heterocycles. The van der Waals surface area contributed by atoms with Crippen LogP contribution in [0.4, 0.5) is 5.69 Å². The molecule has 1 aromatic carbocycles. The first-order valence-corrected chi connectivity index (χ1v) is 6.65. The maximum atomic E-state index is 8.77. The third kappa shape index (κ3) is 3.62. The van der Waals surface area contributed by atoms with Crippen LogP contribution in [0, 0.1) is 11.3 Å². The number of nitrogens with one attached hydrogen (secondary N) is 1. The molecule has 0 aliphatic carbocycles. The Morgan fingerprint density at radius 3 is 2.74 bits per heavy atom. The van der Waals surface area contributed by atoms with E-state index >= 15 is 0 Å². The lowest BCUT2D eigenvalue weighted by atomic mass is 10.0. The molecule has 0 saturated carbocycles. The molecule has 4 heteroatoms. The molecule has 1 N–H and O–H groups in total. The lowest BCUT2D eigenvalue weighted by molar-refractivity contribution is 0.404. The third-order valence-electron chi connectivity index (χ3n) is 3.34. The molecular weight excluding hydrogens is 238 g/mol. The van der Waals surface area contributed by atoms with E-state index in [2.05, 4.69) is 36.2 Å². The smallest absolute Gasteiger partial charge is 0.125 e. The molecule has 1 atom stereocenters. The highest BCUT2D eigenvalue weighted by atomic mass is 16.5. The minimum absolute atomic E-state index is 0.197. The molecule has 1 unspecified atom stereocenters. The number of anilines is 1. The van der Waals surface area contributed by atoms with E-state index in [9.17, 15) is 0 Å². The lowest BCUT2D eigenvalue weighted by Crippen LogP contribution is -2.27. The maximum Gasteiger partial charge on any atom is 0.125 e. The molecule has 0 aliphatic heterocycles. The van der Waals surface area contributed by atoms with Crippen LogP contribution in [0.3, 0.4) is 0 Å². The molecule has 0 spiro atoms. The van der Waals surface area contributed by atoms with Gasteiger partial charge in [-0.15, -0.1) is 0 Å². The first-order chi connectivity index (χ1) is 9.19. The zero-order valence-electron chi connectivity index (χ0n) is 12.2. The second-order valence-electron chi connectivity index (χ2n) is 4.39. The van der Waals surface area contributed by atoms with Crippen molar-refractivity contribution < 1.29 is 4.74 Å². The fourth-order valence-corrected chi connectivity index (χ4v) is 2.20. The van der Waals surface area contributed by atoms with E-state index in [1.165, 1.54) is 0 Å². The van der Waals surface area contributed by atoms with Gasteiger partial charge in [0, 0.05) is 30.4 Å². The Morgan fingerprint density at radius 1 is 1.47 bits per heavy atom. The predicted octanol–water partition coefficient (Wildman–Crippen LogP) is 2.72. The monoisotopic (exact) mass is 261 g/mol. The Balaban J connectivity index is 3.20. The standard InChI is InChI=1S/C15H23N3O/c1-5-18(11-7-10-16)13-8-6-9-14(19-4)15(13)12(2)17-3/h6,8-9,12,17H,5,7,11H2,1-4H3. The van der Waals surface area contributed by atoms with Gasteiger partial charge in [-0.1, -0.05) is 6.07 Å². The van der Waals surface area contributed by atoms with Crippen molar-refractivity contribution in [1.82, 2.24) is 5.32 Å². The van der Waals surface area contributed by atoms with Crippen LogP contribution in [-0.2, 0) is 0 Å². The Hall–Kier alpha value is -1.73. The van der Waals surface area contributed by atoms with Crippen LogP contribution >= 0.6 is 0 Å². The van der Waals surface area contributed by atoms with Gasteiger partial charge in [0.05, 0.1) is 19.6 Å². The number of hydrogen-bond donors (Lipinski definition) is 1. The molecule has 4 nitrogen and oxygen atoms in total. The van der Waals surface area contributed by atoms with Gasteiger partial charge >= 0.3 is 0 Å². The number of hydrogen-bond acceptors (Lipinski definition) is 4. The molecule has 0 radical (unpaired) electrons. The Morgan fingerprint density at radius 2 is 2.21 bits per heavy atom. The molecule has 1 rings (SSSR count). The van der Waals surface area contributed by atoms with Crippen LogP contribution in [0.1, 0.15) is 31.9 Å². The highest BCUT2D eigenvalue weighted by Crippen LogP contribution is 2.34. The topological polar surface area (TPSA) is 48.3 Å². The normalized spacial score (nSPS) is 11.7. The number of ether oxygens (including phenoxy) is 1. The van der Waals surface area contributed by atoms with Crippen molar-refractivity contribution in [2.45, 2.75) is 26.3 Å². The van der Waals surface area contributed by atoms with Gasteiger partial charge in [-0.05, 0) is 33.0 Å². The summed E-state index contributed by atoms with van der Waals surface area (Å²) in [5, 5.41) is 12.0. The average Bonchev–Trinajstić information content (AvgIpc) is 2.46. The zero-order valence-corrected chi connectivity index (χ0v) is 12.2. The van der Waals surface area contributed by atoms with Gasteiger partial charge in [0.15, 0.2) is 0 Å². The SMILES string of the molecule is CCN(CCC#N)c1cccc(OC)c1C(C)NC. The zero-order chi connectivity index (χ0) is 14.3. The quantitative estimate of drug-likeness (QED) is 0.820. The summed E-state index contributed by atoms with van der Waals surface area (Å²) >= 11 is 0. The number of nitriles is 1. The summed E-state index contributed by atoms with van der Waals surface area (Å²) in [6.45, 7) is 5.83. The van der Waals surface area contributed by atoms with Gasteiger partial charge in [0.2, 0.25) is 0 Å². The summed E-state index contributed by atoms with van der Waals surface area (Å²) in [7, 11) is 3.63. The predicted molar refractivity (Wildman–Crippen MR) is 78.6 cm³/mol. The Kier molecular flexibility index (Phi) is 6.17. The van der Waals surface area contributed by atoms with Gasteiger partial charge in [0.1, 0.15) is 5.75 Å². The second kappa shape index (κ2) is 7.65. The summed E-state index contributed by atoms with van der Waals surface area (Å²) in [5.74, 6) is 0.884. The van der Waals surface area contributed by atoms with Crippen LogP contribution in [0.2, 0.25) is 0 Å².